The summed E-state index contributed by atoms with van der Waals surface area (Å²) in [7, 11) is 0. The molecule has 1 aliphatic carbocycles. The lowest BCUT2D eigenvalue weighted by Gasteiger charge is -2.11. The maximum Gasteiger partial charge on any atom is 0.136 e. The SMILES string of the molecule is CC1(C)C(Nc2ncccc2C(N)=S)C1(C)C. The van der Waals surface area contributed by atoms with Crippen LogP contribution >= 0.6 is 12.2 Å². The zero-order chi connectivity index (χ0) is 12.8. The van der Waals surface area contributed by atoms with Gasteiger partial charge in [-0.15, -0.1) is 0 Å². The van der Waals surface area contributed by atoms with Crippen molar-refractivity contribution in [3.63, 3.8) is 0 Å². The predicted octanol–water partition coefficient (Wildman–Crippen LogP) is 2.56. The molecule has 0 aromatic carbocycles. The first-order valence-corrected chi connectivity index (χ1v) is 6.20. The van der Waals surface area contributed by atoms with Gasteiger partial charge in [-0.3, -0.25) is 0 Å². The molecule has 1 aromatic rings. The van der Waals surface area contributed by atoms with E-state index in [1.165, 1.54) is 0 Å². The molecule has 2 rings (SSSR count). The van der Waals surface area contributed by atoms with Gasteiger partial charge in [0, 0.05) is 12.2 Å². The van der Waals surface area contributed by atoms with Gasteiger partial charge in [0.15, 0.2) is 0 Å². The van der Waals surface area contributed by atoms with Crippen molar-refractivity contribution >= 4 is 23.0 Å². The van der Waals surface area contributed by atoms with Gasteiger partial charge in [-0.2, -0.15) is 0 Å². The van der Waals surface area contributed by atoms with Crippen molar-refractivity contribution < 1.29 is 0 Å². The molecule has 92 valence electrons. The van der Waals surface area contributed by atoms with E-state index in [0.29, 0.717) is 11.0 Å². The molecule has 0 unspecified atom stereocenters. The van der Waals surface area contributed by atoms with Crippen LogP contribution in [-0.4, -0.2) is 16.0 Å². The van der Waals surface area contributed by atoms with E-state index in [9.17, 15) is 0 Å². The van der Waals surface area contributed by atoms with Crippen molar-refractivity contribution in [2.45, 2.75) is 33.7 Å². The first-order valence-electron chi connectivity index (χ1n) is 5.80. The lowest BCUT2D eigenvalue weighted by atomic mass is 10.0. The standard InChI is InChI=1S/C13H19N3S/c1-12(2)11(13(12,3)4)16-10-8(9(14)17)6-5-7-15-10/h5-7,11H,1-4H3,(H2,14,17)(H,15,16). The third kappa shape index (κ3) is 1.80. The van der Waals surface area contributed by atoms with E-state index in [1.807, 2.05) is 12.1 Å². The van der Waals surface area contributed by atoms with Crippen LogP contribution in [0.2, 0.25) is 0 Å². The van der Waals surface area contributed by atoms with Crippen molar-refractivity contribution in [1.82, 2.24) is 4.98 Å². The Bertz CT molecular complexity index is 451. The molecule has 1 aromatic heterocycles. The second-order valence-corrected chi connectivity index (χ2v) is 6.22. The van der Waals surface area contributed by atoms with E-state index in [0.717, 1.165) is 11.4 Å². The largest absolute Gasteiger partial charge is 0.389 e. The van der Waals surface area contributed by atoms with E-state index in [4.69, 9.17) is 18.0 Å². The molecule has 0 spiro atoms. The summed E-state index contributed by atoms with van der Waals surface area (Å²) < 4.78 is 0. The summed E-state index contributed by atoms with van der Waals surface area (Å²) in [6.07, 6.45) is 1.76. The Morgan fingerprint density at radius 1 is 1.35 bits per heavy atom. The average Bonchev–Trinajstić information content (AvgIpc) is 2.61. The Labute approximate surface area is 108 Å². The number of nitrogens with one attached hydrogen (secondary N) is 1. The highest BCUT2D eigenvalue weighted by atomic mass is 32.1. The Morgan fingerprint density at radius 2 is 1.94 bits per heavy atom. The molecule has 17 heavy (non-hydrogen) atoms. The second-order valence-electron chi connectivity index (χ2n) is 5.78. The first-order chi connectivity index (χ1) is 7.78. The Kier molecular flexibility index (Phi) is 2.65. The third-order valence-corrected chi connectivity index (χ3v) is 4.59. The minimum atomic E-state index is 0.262. The quantitative estimate of drug-likeness (QED) is 0.808. The highest BCUT2D eigenvalue weighted by Crippen LogP contribution is 2.63. The van der Waals surface area contributed by atoms with Gasteiger partial charge in [-0.1, -0.05) is 39.9 Å². The van der Waals surface area contributed by atoms with Crippen molar-refractivity contribution in [3.8, 4) is 0 Å². The number of anilines is 1. The van der Waals surface area contributed by atoms with Crippen LogP contribution in [0.1, 0.15) is 33.3 Å². The number of hydrogen-bond acceptors (Lipinski definition) is 3. The van der Waals surface area contributed by atoms with Gasteiger partial charge in [0.05, 0.1) is 5.56 Å². The Balaban J connectivity index is 2.25. The lowest BCUT2D eigenvalue weighted by molar-refractivity contribution is 0.457. The van der Waals surface area contributed by atoms with Gasteiger partial charge in [-0.25, -0.2) is 4.98 Å². The molecule has 0 amide bonds. The van der Waals surface area contributed by atoms with Crippen LogP contribution in [0.5, 0.6) is 0 Å². The fourth-order valence-electron chi connectivity index (χ4n) is 2.41. The van der Waals surface area contributed by atoms with E-state index in [1.54, 1.807) is 6.20 Å². The molecule has 0 atom stereocenters. The van der Waals surface area contributed by atoms with E-state index in [2.05, 4.69) is 38.0 Å². The minimum absolute atomic E-state index is 0.262. The molecule has 0 bridgehead atoms. The summed E-state index contributed by atoms with van der Waals surface area (Å²) in [6, 6.07) is 4.15. The van der Waals surface area contributed by atoms with Crippen LogP contribution in [0.25, 0.3) is 0 Å². The van der Waals surface area contributed by atoms with Crippen molar-refractivity contribution in [2.75, 3.05) is 5.32 Å². The van der Waals surface area contributed by atoms with Crippen LogP contribution in [0.3, 0.4) is 0 Å². The number of aromatic nitrogens is 1. The lowest BCUT2D eigenvalue weighted by Crippen LogP contribution is -2.17. The summed E-state index contributed by atoms with van der Waals surface area (Å²) in [5, 5.41) is 3.47. The van der Waals surface area contributed by atoms with Gasteiger partial charge in [0.1, 0.15) is 10.8 Å². The molecule has 4 heteroatoms. The summed E-state index contributed by atoms with van der Waals surface area (Å²) in [6.45, 7) is 9.03. The van der Waals surface area contributed by atoms with Gasteiger partial charge in [0.25, 0.3) is 0 Å². The fourth-order valence-corrected chi connectivity index (χ4v) is 2.58. The summed E-state index contributed by atoms with van der Waals surface area (Å²) in [5.74, 6) is 0.795. The monoisotopic (exact) mass is 249 g/mol. The predicted molar refractivity (Wildman–Crippen MR) is 75.1 cm³/mol. The maximum absolute atomic E-state index is 5.70. The van der Waals surface area contributed by atoms with E-state index in [-0.39, 0.29) is 10.8 Å². The number of nitrogens with two attached hydrogens (primary N) is 1. The van der Waals surface area contributed by atoms with Crippen LogP contribution < -0.4 is 11.1 Å². The van der Waals surface area contributed by atoms with Crippen molar-refractivity contribution in [1.29, 1.82) is 0 Å². The molecule has 0 radical (unpaired) electrons. The van der Waals surface area contributed by atoms with Crippen LogP contribution in [-0.2, 0) is 0 Å². The molecular weight excluding hydrogens is 230 g/mol. The first kappa shape index (κ1) is 12.3. The van der Waals surface area contributed by atoms with E-state index < -0.39 is 0 Å². The second kappa shape index (κ2) is 3.67. The number of nitrogens with zero attached hydrogens (tertiary/aromatic N) is 1. The molecule has 1 saturated carbocycles. The van der Waals surface area contributed by atoms with E-state index >= 15 is 0 Å². The molecule has 3 nitrogen and oxygen atoms in total. The smallest absolute Gasteiger partial charge is 0.136 e. The Hall–Kier alpha value is -1.16. The van der Waals surface area contributed by atoms with Gasteiger partial charge >= 0.3 is 0 Å². The van der Waals surface area contributed by atoms with Gasteiger partial charge in [-0.05, 0) is 23.0 Å². The number of pyridine rings is 1. The highest BCUT2D eigenvalue weighted by molar-refractivity contribution is 7.80. The van der Waals surface area contributed by atoms with Crippen LogP contribution in [0, 0.1) is 10.8 Å². The average molecular weight is 249 g/mol. The molecule has 0 aliphatic heterocycles. The molecular formula is C13H19N3S. The molecule has 3 N–H and O–H groups in total. The fraction of sp³-hybridized carbons (Fsp3) is 0.538. The topological polar surface area (TPSA) is 50.9 Å². The van der Waals surface area contributed by atoms with Crippen molar-refractivity contribution in [2.24, 2.45) is 16.6 Å². The highest BCUT2D eigenvalue weighted by Gasteiger charge is 2.65. The summed E-state index contributed by atoms with van der Waals surface area (Å²) in [4.78, 5) is 4.72. The van der Waals surface area contributed by atoms with Crippen LogP contribution in [0.4, 0.5) is 5.82 Å². The minimum Gasteiger partial charge on any atom is -0.389 e. The van der Waals surface area contributed by atoms with Gasteiger partial charge < -0.3 is 11.1 Å². The van der Waals surface area contributed by atoms with Gasteiger partial charge in [0.2, 0.25) is 0 Å². The molecule has 1 aliphatic rings. The van der Waals surface area contributed by atoms with Crippen molar-refractivity contribution in [3.05, 3.63) is 23.9 Å². The maximum atomic E-state index is 5.70. The zero-order valence-electron chi connectivity index (χ0n) is 10.7. The third-order valence-electron chi connectivity index (χ3n) is 4.37. The normalized spacial score (nSPS) is 20.9. The zero-order valence-corrected chi connectivity index (χ0v) is 11.6. The number of thiocarbonyl (C=S) groups is 1. The molecule has 0 saturated heterocycles. The molecule has 1 fully saturated rings. The summed E-state index contributed by atoms with van der Waals surface area (Å²) in [5.41, 5.74) is 7.04. The Morgan fingerprint density at radius 3 is 2.41 bits per heavy atom. The molecule has 1 heterocycles. The van der Waals surface area contributed by atoms with Crippen LogP contribution in [0.15, 0.2) is 18.3 Å². The summed E-state index contributed by atoms with van der Waals surface area (Å²) >= 11 is 5.03. The number of hydrogen-bond donors (Lipinski definition) is 2. The number of rotatable bonds is 3.